The molecular weight excluding hydrogens is 253 g/mol. The molecule has 3 aliphatic heterocycles. The van der Waals surface area contributed by atoms with Gasteiger partial charge >= 0.3 is 0 Å². The van der Waals surface area contributed by atoms with Crippen molar-refractivity contribution in [2.45, 2.75) is 24.9 Å². The molecule has 3 heterocycles. The number of rotatable bonds is 4. The molecule has 0 aromatic heterocycles. The predicted octanol–water partition coefficient (Wildman–Crippen LogP) is 1.68. The van der Waals surface area contributed by atoms with Gasteiger partial charge in [0.15, 0.2) is 0 Å². The lowest BCUT2D eigenvalue weighted by molar-refractivity contribution is -0.0599. The summed E-state index contributed by atoms with van der Waals surface area (Å²) in [6, 6.07) is 7.05. The van der Waals surface area contributed by atoms with Crippen molar-refractivity contribution in [2.75, 3.05) is 33.2 Å². The quantitative estimate of drug-likeness (QED) is 0.909. The number of hydrogen-bond donors (Lipinski definition) is 1. The SMILES string of the molecule is CN(Cc1ccccc1F)C1(CN)CN2CCC1CC2. The molecule has 0 saturated carbocycles. The second-order valence-corrected chi connectivity index (χ2v) is 6.31. The second kappa shape index (κ2) is 5.43. The van der Waals surface area contributed by atoms with Crippen LogP contribution in [-0.4, -0.2) is 48.6 Å². The molecule has 1 aromatic carbocycles. The largest absolute Gasteiger partial charge is 0.329 e. The zero-order valence-corrected chi connectivity index (χ0v) is 12.2. The summed E-state index contributed by atoms with van der Waals surface area (Å²) in [6.07, 6.45) is 2.44. The summed E-state index contributed by atoms with van der Waals surface area (Å²) in [7, 11) is 2.10. The zero-order chi connectivity index (χ0) is 14.2. The molecule has 2 N–H and O–H groups in total. The highest BCUT2D eigenvalue weighted by molar-refractivity contribution is 5.18. The van der Waals surface area contributed by atoms with E-state index >= 15 is 0 Å². The van der Waals surface area contributed by atoms with Crippen molar-refractivity contribution in [2.24, 2.45) is 11.7 Å². The first-order valence-electron chi connectivity index (χ1n) is 7.53. The highest BCUT2D eigenvalue weighted by Crippen LogP contribution is 2.39. The van der Waals surface area contributed by atoms with Gasteiger partial charge in [-0.1, -0.05) is 18.2 Å². The second-order valence-electron chi connectivity index (χ2n) is 6.31. The highest BCUT2D eigenvalue weighted by Gasteiger charge is 2.48. The van der Waals surface area contributed by atoms with E-state index in [2.05, 4.69) is 16.8 Å². The van der Waals surface area contributed by atoms with Crippen molar-refractivity contribution in [1.29, 1.82) is 0 Å². The van der Waals surface area contributed by atoms with Crippen LogP contribution in [0, 0.1) is 11.7 Å². The van der Waals surface area contributed by atoms with Crippen molar-refractivity contribution in [1.82, 2.24) is 9.80 Å². The van der Waals surface area contributed by atoms with Crippen molar-refractivity contribution in [3.8, 4) is 0 Å². The van der Waals surface area contributed by atoms with E-state index in [0.29, 0.717) is 19.0 Å². The van der Waals surface area contributed by atoms with Gasteiger partial charge in [0.05, 0.1) is 0 Å². The lowest BCUT2D eigenvalue weighted by Crippen LogP contribution is -2.69. The van der Waals surface area contributed by atoms with Crippen LogP contribution in [0.5, 0.6) is 0 Å². The molecule has 1 atom stereocenters. The Morgan fingerprint density at radius 1 is 1.35 bits per heavy atom. The Bertz CT molecular complexity index is 471. The van der Waals surface area contributed by atoms with Crippen LogP contribution < -0.4 is 5.73 Å². The number of hydrogen-bond acceptors (Lipinski definition) is 3. The average molecular weight is 277 g/mol. The number of benzene rings is 1. The van der Waals surface area contributed by atoms with Crippen LogP contribution in [0.4, 0.5) is 4.39 Å². The maximum absolute atomic E-state index is 13.9. The minimum Gasteiger partial charge on any atom is -0.329 e. The topological polar surface area (TPSA) is 32.5 Å². The third-order valence-electron chi connectivity index (χ3n) is 5.32. The van der Waals surface area contributed by atoms with E-state index in [1.807, 2.05) is 12.1 Å². The Labute approximate surface area is 120 Å². The Balaban J connectivity index is 1.81. The molecule has 1 unspecified atom stereocenters. The van der Waals surface area contributed by atoms with Gasteiger partial charge in [0, 0.05) is 30.7 Å². The number of nitrogens with zero attached hydrogens (tertiary/aromatic N) is 2. The van der Waals surface area contributed by atoms with Crippen molar-refractivity contribution in [3.05, 3.63) is 35.6 Å². The van der Waals surface area contributed by atoms with E-state index in [0.717, 1.165) is 12.1 Å². The molecule has 1 aromatic rings. The normalized spacial score (nSPS) is 32.8. The number of fused-ring (bicyclic) bond motifs is 3. The molecule has 0 spiro atoms. The monoisotopic (exact) mass is 277 g/mol. The van der Waals surface area contributed by atoms with Crippen molar-refractivity contribution < 1.29 is 4.39 Å². The smallest absolute Gasteiger partial charge is 0.127 e. The number of likely N-dealkylation sites (N-methyl/N-ethyl adjacent to an activating group) is 1. The Hall–Kier alpha value is -0.970. The van der Waals surface area contributed by atoms with Gasteiger partial charge in [-0.3, -0.25) is 4.90 Å². The lowest BCUT2D eigenvalue weighted by atomic mass is 9.71. The van der Waals surface area contributed by atoms with Gasteiger partial charge in [0.25, 0.3) is 0 Å². The van der Waals surface area contributed by atoms with Crippen LogP contribution in [0.3, 0.4) is 0 Å². The summed E-state index contributed by atoms with van der Waals surface area (Å²) in [5.41, 5.74) is 6.93. The maximum atomic E-state index is 13.9. The molecule has 3 aliphatic rings. The first-order chi connectivity index (χ1) is 9.65. The standard InChI is InChI=1S/C16H24FN3/c1-19(10-13-4-2-3-5-15(13)17)16(11-18)12-20-8-6-14(16)7-9-20/h2-5,14H,6-12,18H2,1H3. The molecule has 0 radical (unpaired) electrons. The van der Waals surface area contributed by atoms with E-state index in [1.165, 1.54) is 32.0 Å². The fraction of sp³-hybridized carbons (Fsp3) is 0.625. The van der Waals surface area contributed by atoms with E-state index in [1.54, 1.807) is 6.07 Å². The molecule has 4 heteroatoms. The van der Waals surface area contributed by atoms with E-state index < -0.39 is 0 Å². The van der Waals surface area contributed by atoms with E-state index in [9.17, 15) is 4.39 Å². The first kappa shape index (κ1) is 14.0. The predicted molar refractivity (Wildman–Crippen MR) is 78.8 cm³/mol. The minimum atomic E-state index is -0.118. The maximum Gasteiger partial charge on any atom is 0.127 e. The number of halogens is 1. The summed E-state index contributed by atoms with van der Waals surface area (Å²) in [6.45, 7) is 4.70. The number of piperidine rings is 3. The van der Waals surface area contributed by atoms with Gasteiger partial charge in [0.1, 0.15) is 5.82 Å². The highest BCUT2D eigenvalue weighted by atomic mass is 19.1. The zero-order valence-electron chi connectivity index (χ0n) is 12.2. The lowest BCUT2D eigenvalue weighted by Gasteiger charge is -2.57. The van der Waals surface area contributed by atoms with Crippen LogP contribution in [0.25, 0.3) is 0 Å². The van der Waals surface area contributed by atoms with Crippen LogP contribution in [-0.2, 0) is 6.54 Å². The molecule has 110 valence electrons. The van der Waals surface area contributed by atoms with Crippen LogP contribution in [0.2, 0.25) is 0 Å². The van der Waals surface area contributed by atoms with Gasteiger partial charge < -0.3 is 10.6 Å². The molecular formula is C16H24FN3. The molecule has 3 nitrogen and oxygen atoms in total. The third kappa shape index (κ3) is 2.26. The van der Waals surface area contributed by atoms with Gasteiger partial charge in [-0.15, -0.1) is 0 Å². The van der Waals surface area contributed by atoms with Gasteiger partial charge in [0.2, 0.25) is 0 Å². The van der Waals surface area contributed by atoms with E-state index in [4.69, 9.17) is 5.73 Å². The molecule has 0 aliphatic carbocycles. The fourth-order valence-corrected chi connectivity index (χ4v) is 4.00. The van der Waals surface area contributed by atoms with Crippen molar-refractivity contribution >= 4 is 0 Å². The van der Waals surface area contributed by atoms with Gasteiger partial charge in [-0.25, -0.2) is 4.39 Å². The van der Waals surface area contributed by atoms with Gasteiger partial charge in [-0.05, 0) is 45.0 Å². The van der Waals surface area contributed by atoms with Crippen LogP contribution in [0.1, 0.15) is 18.4 Å². The summed E-state index contributed by atoms with van der Waals surface area (Å²) < 4.78 is 13.9. The fourth-order valence-electron chi connectivity index (χ4n) is 4.00. The first-order valence-corrected chi connectivity index (χ1v) is 7.53. The van der Waals surface area contributed by atoms with Crippen LogP contribution >= 0.6 is 0 Å². The molecule has 2 bridgehead atoms. The third-order valence-corrected chi connectivity index (χ3v) is 5.32. The molecule has 20 heavy (non-hydrogen) atoms. The van der Waals surface area contributed by atoms with E-state index in [-0.39, 0.29) is 11.4 Å². The van der Waals surface area contributed by atoms with Crippen molar-refractivity contribution in [3.63, 3.8) is 0 Å². The molecule has 3 saturated heterocycles. The summed E-state index contributed by atoms with van der Waals surface area (Å²) in [5, 5.41) is 0. The Morgan fingerprint density at radius 3 is 2.60 bits per heavy atom. The summed E-state index contributed by atoms with van der Waals surface area (Å²) >= 11 is 0. The molecule has 0 amide bonds. The Morgan fingerprint density at radius 2 is 2.05 bits per heavy atom. The van der Waals surface area contributed by atoms with Gasteiger partial charge in [-0.2, -0.15) is 0 Å². The minimum absolute atomic E-state index is 0.0127. The number of nitrogens with two attached hydrogens (primary N) is 1. The van der Waals surface area contributed by atoms with Crippen LogP contribution in [0.15, 0.2) is 24.3 Å². The average Bonchev–Trinajstić information content (AvgIpc) is 2.50. The molecule has 4 rings (SSSR count). The summed E-state index contributed by atoms with van der Waals surface area (Å²) in [5.74, 6) is 0.530. The summed E-state index contributed by atoms with van der Waals surface area (Å²) in [4.78, 5) is 4.80. The Kier molecular flexibility index (Phi) is 3.80. The molecule has 3 fully saturated rings.